The van der Waals surface area contributed by atoms with Crippen LogP contribution in [0.4, 0.5) is 5.69 Å². The molecule has 1 fully saturated rings. The van der Waals surface area contributed by atoms with Crippen molar-refractivity contribution in [3.05, 3.63) is 28.8 Å². The van der Waals surface area contributed by atoms with Crippen LogP contribution in [0.15, 0.2) is 12.1 Å². The second-order valence-corrected chi connectivity index (χ2v) is 5.99. The topological polar surface area (TPSA) is 12.0 Å². The Morgan fingerprint density at radius 2 is 1.61 bits per heavy atom. The fourth-order valence-corrected chi connectivity index (χ4v) is 3.34. The van der Waals surface area contributed by atoms with E-state index >= 15 is 0 Å². The van der Waals surface area contributed by atoms with Crippen LogP contribution < -0.4 is 5.32 Å². The lowest BCUT2D eigenvalue weighted by molar-refractivity contribution is 0.345. The summed E-state index contributed by atoms with van der Waals surface area (Å²) < 4.78 is 0. The van der Waals surface area contributed by atoms with E-state index in [1.54, 1.807) is 0 Å². The molecule has 0 bridgehead atoms. The average molecular weight is 245 g/mol. The van der Waals surface area contributed by atoms with Gasteiger partial charge in [0.25, 0.3) is 0 Å². The molecule has 1 aromatic carbocycles. The van der Waals surface area contributed by atoms with Crippen molar-refractivity contribution in [2.45, 2.75) is 59.3 Å². The number of anilines is 1. The zero-order valence-corrected chi connectivity index (χ0v) is 12.2. The molecule has 1 heteroatoms. The van der Waals surface area contributed by atoms with Crippen molar-refractivity contribution in [3.63, 3.8) is 0 Å². The largest absolute Gasteiger partial charge is 0.385 e. The Morgan fingerprint density at radius 3 is 2.22 bits per heavy atom. The highest BCUT2D eigenvalue weighted by molar-refractivity contribution is 5.58. The van der Waals surface area contributed by atoms with Gasteiger partial charge in [0.15, 0.2) is 0 Å². The SMILES string of the molecule is Cc1cc(C)c(NCCC2CCCCC2)c(C)c1. The molecule has 0 atom stereocenters. The van der Waals surface area contributed by atoms with Crippen molar-refractivity contribution in [2.75, 3.05) is 11.9 Å². The summed E-state index contributed by atoms with van der Waals surface area (Å²) in [6.07, 6.45) is 8.61. The smallest absolute Gasteiger partial charge is 0.0399 e. The predicted octanol–water partition coefficient (Wildman–Crippen LogP) is 4.99. The van der Waals surface area contributed by atoms with Gasteiger partial charge in [-0.15, -0.1) is 0 Å². The molecule has 0 radical (unpaired) electrons. The minimum atomic E-state index is 0.970. The van der Waals surface area contributed by atoms with E-state index < -0.39 is 0 Å². The summed E-state index contributed by atoms with van der Waals surface area (Å²) in [7, 11) is 0. The Hall–Kier alpha value is -0.980. The van der Waals surface area contributed by atoms with Gasteiger partial charge >= 0.3 is 0 Å². The van der Waals surface area contributed by atoms with Crippen LogP contribution in [0.2, 0.25) is 0 Å². The third-order valence-corrected chi connectivity index (χ3v) is 4.26. The normalized spacial score (nSPS) is 16.8. The van der Waals surface area contributed by atoms with Crippen molar-refractivity contribution in [1.82, 2.24) is 0 Å². The lowest BCUT2D eigenvalue weighted by Gasteiger charge is -2.22. The first-order valence-corrected chi connectivity index (χ1v) is 7.48. The van der Waals surface area contributed by atoms with Crippen LogP contribution in [0, 0.1) is 26.7 Å². The van der Waals surface area contributed by atoms with Gasteiger partial charge in [-0.2, -0.15) is 0 Å². The van der Waals surface area contributed by atoms with E-state index in [4.69, 9.17) is 0 Å². The molecule has 0 amide bonds. The standard InChI is InChI=1S/C17H27N/c1-13-11-14(2)17(15(3)12-13)18-10-9-16-7-5-4-6-8-16/h11-12,16,18H,4-10H2,1-3H3. The maximum absolute atomic E-state index is 3.66. The van der Waals surface area contributed by atoms with Crippen LogP contribution in [0.25, 0.3) is 0 Å². The first kappa shape index (κ1) is 13.5. The molecule has 0 unspecified atom stereocenters. The van der Waals surface area contributed by atoms with E-state index in [0.29, 0.717) is 0 Å². The molecule has 0 heterocycles. The molecule has 0 aliphatic heterocycles. The van der Waals surface area contributed by atoms with Gasteiger partial charge in [0.2, 0.25) is 0 Å². The zero-order chi connectivity index (χ0) is 13.0. The fourth-order valence-electron chi connectivity index (χ4n) is 3.34. The van der Waals surface area contributed by atoms with Gasteiger partial charge in [-0.3, -0.25) is 0 Å². The summed E-state index contributed by atoms with van der Waals surface area (Å²) in [6.45, 7) is 7.73. The van der Waals surface area contributed by atoms with E-state index in [-0.39, 0.29) is 0 Å². The van der Waals surface area contributed by atoms with Gasteiger partial charge in [-0.25, -0.2) is 0 Å². The first-order chi connectivity index (χ1) is 8.66. The van der Waals surface area contributed by atoms with E-state index in [9.17, 15) is 0 Å². The molecule has 1 saturated carbocycles. The molecule has 2 rings (SSSR count). The third-order valence-electron chi connectivity index (χ3n) is 4.26. The summed E-state index contributed by atoms with van der Waals surface area (Å²) in [5.74, 6) is 0.970. The zero-order valence-electron chi connectivity index (χ0n) is 12.2. The van der Waals surface area contributed by atoms with Gasteiger partial charge in [-0.1, -0.05) is 49.8 Å². The van der Waals surface area contributed by atoms with E-state index in [2.05, 4.69) is 38.2 Å². The molecule has 18 heavy (non-hydrogen) atoms. The van der Waals surface area contributed by atoms with Gasteiger partial charge in [0.05, 0.1) is 0 Å². The molecule has 100 valence electrons. The summed E-state index contributed by atoms with van der Waals surface area (Å²) in [5, 5.41) is 3.66. The van der Waals surface area contributed by atoms with Gasteiger partial charge < -0.3 is 5.32 Å². The van der Waals surface area contributed by atoms with Crippen LogP contribution in [-0.4, -0.2) is 6.54 Å². The summed E-state index contributed by atoms with van der Waals surface area (Å²) in [6, 6.07) is 4.55. The lowest BCUT2D eigenvalue weighted by Crippen LogP contribution is -2.13. The molecule has 1 nitrogen and oxygen atoms in total. The van der Waals surface area contributed by atoms with E-state index in [0.717, 1.165) is 12.5 Å². The highest BCUT2D eigenvalue weighted by atomic mass is 14.9. The lowest BCUT2D eigenvalue weighted by atomic mass is 9.87. The molecule has 0 saturated heterocycles. The molecule has 0 spiro atoms. The Balaban J connectivity index is 1.86. The monoisotopic (exact) mass is 245 g/mol. The van der Waals surface area contributed by atoms with Gasteiger partial charge in [-0.05, 0) is 44.2 Å². The quantitative estimate of drug-likeness (QED) is 0.787. The van der Waals surface area contributed by atoms with Crippen molar-refractivity contribution in [3.8, 4) is 0 Å². The summed E-state index contributed by atoms with van der Waals surface area (Å²) in [5.41, 5.74) is 5.49. The molecule has 1 N–H and O–H groups in total. The van der Waals surface area contributed by atoms with Crippen LogP contribution in [0.1, 0.15) is 55.2 Å². The maximum atomic E-state index is 3.66. The predicted molar refractivity (Wildman–Crippen MR) is 80.3 cm³/mol. The van der Waals surface area contributed by atoms with Crippen molar-refractivity contribution in [2.24, 2.45) is 5.92 Å². The summed E-state index contributed by atoms with van der Waals surface area (Å²) in [4.78, 5) is 0. The molecule has 1 aromatic rings. The van der Waals surface area contributed by atoms with Crippen molar-refractivity contribution < 1.29 is 0 Å². The maximum Gasteiger partial charge on any atom is 0.0399 e. The Morgan fingerprint density at radius 1 is 1.00 bits per heavy atom. The molecular weight excluding hydrogens is 218 g/mol. The number of nitrogens with one attached hydrogen (secondary N) is 1. The van der Waals surface area contributed by atoms with Crippen LogP contribution in [-0.2, 0) is 0 Å². The second kappa shape index (κ2) is 6.26. The average Bonchev–Trinajstić information content (AvgIpc) is 2.34. The first-order valence-electron chi connectivity index (χ1n) is 7.48. The third kappa shape index (κ3) is 3.51. The Kier molecular flexibility index (Phi) is 4.68. The molecule has 1 aliphatic rings. The highest BCUT2D eigenvalue weighted by Gasteiger charge is 2.13. The molecule has 0 aromatic heterocycles. The van der Waals surface area contributed by atoms with Crippen LogP contribution in [0.5, 0.6) is 0 Å². The highest BCUT2D eigenvalue weighted by Crippen LogP contribution is 2.27. The number of rotatable bonds is 4. The van der Waals surface area contributed by atoms with Crippen LogP contribution in [0.3, 0.4) is 0 Å². The van der Waals surface area contributed by atoms with Gasteiger partial charge in [0.1, 0.15) is 0 Å². The van der Waals surface area contributed by atoms with Crippen molar-refractivity contribution >= 4 is 5.69 Å². The fraction of sp³-hybridized carbons (Fsp3) is 0.647. The molecular formula is C17H27N. The number of aryl methyl sites for hydroxylation is 3. The Labute approximate surface area is 112 Å². The Bertz CT molecular complexity index is 366. The minimum absolute atomic E-state index is 0.970. The number of benzene rings is 1. The number of hydrogen-bond acceptors (Lipinski definition) is 1. The van der Waals surface area contributed by atoms with Gasteiger partial charge in [0, 0.05) is 12.2 Å². The minimum Gasteiger partial charge on any atom is -0.385 e. The van der Waals surface area contributed by atoms with E-state index in [1.165, 1.54) is 60.9 Å². The molecule has 1 aliphatic carbocycles. The second-order valence-electron chi connectivity index (χ2n) is 5.99. The summed E-state index contributed by atoms with van der Waals surface area (Å²) >= 11 is 0. The van der Waals surface area contributed by atoms with Crippen molar-refractivity contribution in [1.29, 1.82) is 0 Å². The number of hydrogen-bond donors (Lipinski definition) is 1. The van der Waals surface area contributed by atoms with Crippen LogP contribution >= 0.6 is 0 Å². The van der Waals surface area contributed by atoms with E-state index in [1.807, 2.05) is 0 Å².